The van der Waals surface area contributed by atoms with Gasteiger partial charge in [-0.3, -0.25) is 0 Å². The zero-order valence-corrected chi connectivity index (χ0v) is 6.66. The molecule has 0 bridgehead atoms. The van der Waals surface area contributed by atoms with Crippen LogP contribution in [0.2, 0.25) is 0 Å². The molecule has 0 spiro atoms. The zero-order chi connectivity index (χ0) is 8.10. The summed E-state index contributed by atoms with van der Waals surface area (Å²) in [7, 11) is 1.66. The summed E-state index contributed by atoms with van der Waals surface area (Å²) < 4.78 is 4.93. The first kappa shape index (κ1) is 8.24. The van der Waals surface area contributed by atoms with E-state index < -0.39 is 0 Å². The Morgan fingerprint density at radius 1 is 1.36 bits per heavy atom. The number of ether oxygens (including phenoxy) is 1. The Morgan fingerprint density at radius 2 is 2.00 bits per heavy atom. The molecule has 0 heterocycles. The average molecular weight is 151 g/mol. The Kier molecular flexibility index (Phi) is 3.08. The third-order valence-electron chi connectivity index (χ3n) is 1.57. The highest BCUT2D eigenvalue weighted by atomic mass is 16.5. The van der Waals surface area contributed by atoms with Crippen molar-refractivity contribution in [1.82, 2.24) is 0 Å². The minimum absolute atomic E-state index is 0.00111. The summed E-state index contributed by atoms with van der Waals surface area (Å²) in [5.74, 6) is 0. The van der Waals surface area contributed by atoms with Crippen LogP contribution in [0.3, 0.4) is 0 Å². The summed E-state index contributed by atoms with van der Waals surface area (Å²) in [6.45, 7) is 0.573. The fourth-order valence-electron chi connectivity index (χ4n) is 0.976. The van der Waals surface area contributed by atoms with Crippen LogP contribution in [-0.2, 0) is 4.74 Å². The van der Waals surface area contributed by atoms with Crippen molar-refractivity contribution in [2.45, 2.75) is 6.04 Å². The van der Waals surface area contributed by atoms with Crippen LogP contribution in [0.5, 0.6) is 0 Å². The van der Waals surface area contributed by atoms with Crippen molar-refractivity contribution in [3.63, 3.8) is 0 Å². The van der Waals surface area contributed by atoms with Gasteiger partial charge in [-0.1, -0.05) is 30.3 Å². The lowest BCUT2D eigenvalue weighted by Gasteiger charge is -2.09. The van der Waals surface area contributed by atoms with Crippen LogP contribution in [-0.4, -0.2) is 13.7 Å². The largest absolute Gasteiger partial charge is 0.383 e. The zero-order valence-electron chi connectivity index (χ0n) is 6.66. The first-order chi connectivity index (χ1) is 5.34. The number of hydrogen-bond acceptors (Lipinski definition) is 2. The highest BCUT2D eigenvalue weighted by Gasteiger charge is 2.02. The van der Waals surface area contributed by atoms with E-state index in [0.717, 1.165) is 5.56 Å². The number of hydrogen-bond donors (Lipinski definition) is 1. The molecule has 1 aromatic carbocycles. The summed E-state index contributed by atoms with van der Waals surface area (Å²) in [6.07, 6.45) is 0. The SMILES string of the molecule is COC[C@H](N)c1ccccc1. The van der Waals surface area contributed by atoms with E-state index in [-0.39, 0.29) is 6.04 Å². The van der Waals surface area contributed by atoms with Crippen molar-refractivity contribution >= 4 is 0 Å². The van der Waals surface area contributed by atoms with Gasteiger partial charge in [0.25, 0.3) is 0 Å². The maximum atomic E-state index is 5.78. The third-order valence-corrected chi connectivity index (χ3v) is 1.57. The number of methoxy groups -OCH3 is 1. The van der Waals surface area contributed by atoms with Gasteiger partial charge in [0.05, 0.1) is 12.6 Å². The lowest BCUT2D eigenvalue weighted by Crippen LogP contribution is -2.15. The summed E-state index contributed by atoms with van der Waals surface area (Å²) in [5.41, 5.74) is 6.90. The molecular weight excluding hydrogens is 138 g/mol. The topological polar surface area (TPSA) is 35.2 Å². The lowest BCUT2D eigenvalue weighted by atomic mass is 10.1. The van der Waals surface area contributed by atoms with Gasteiger partial charge in [0.2, 0.25) is 0 Å². The molecule has 1 rings (SSSR count). The Hall–Kier alpha value is -0.860. The van der Waals surface area contributed by atoms with Crippen LogP contribution in [0, 0.1) is 0 Å². The average Bonchev–Trinajstić information content (AvgIpc) is 2.07. The Morgan fingerprint density at radius 3 is 2.55 bits per heavy atom. The fourth-order valence-corrected chi connectivity index (χ4v) is 0.976. The van der Waals surface area contributed by atoms with Crippen molar-refractivity contribution in [3.05, 3.63) is 35.9 Å². The Bertz CT molecular complexity index is 198. The predicted molar refractivity (Wildman–Crippen MR) is 45.2 cm³/mol. The quantitative estimate of drug-likeness (QED) is 0.707. The first-order valence-electron chi connectivity index (χ1n) is 3.64. The maximum absolute atomic E-state index is 5.78. The van der Waals surface area contributed by atoms with Crippen LogP contribution < -0.4 is 5.73 Å². The molecule has 0 aliphatic heterocycles. The summed E-state index contributed by atoms with van der Waals surface area (Å²) in [4.78, 5) is 0. The van der Waals surface area contributed by atoms with Crippen LogP contribution in [0.25, 0.3) is 0 Å². The van der Waals surface area contributed by atoms with Gasteiger partial charge in [-0.25, -0.2) is 0 Å². The second-order valence-corrected chi connectivity index (χ2v) is 2.47. The minimum Gasteiger partial charge on any atom is -0.383 e. The van der Waals surface area contributed by atoms with Gasteiger partial charge in [-0.2, -0.15) is 0 Å². The fraction of sp³-hybridized carbons (Fsp3) is 0.333. The molecule has 0 aliphatic carbocycles. The summed E-state index contributed by atoms with van der Waals surface area (Å²) in [5, 5.41) is 0. The van der Waals surface area contributed by atoms with Crippen LogP contribution >= 0.6 is 0 Å². The first-order valence-corrected chi connectivity index (χ1v) is 3.64. The molecule has 0 aromatic heterocycles. The number of benzene rings is 1. The summed E-state index contributed by atoms with van der Waals surface area (Å²) in [6, 6.07) is 9.94. The minimum atomic E-state index is 0.00111. The molecule has 0 fully saturated rings. The lowest BCUT2D eigenvalue weighted by molar-refractivity contribution is 0.181. The van der Waals surface area contributed by atoms with E-state index in [1.807, 2.05) is 30.3 Å². The van der Waals surface area contributed by atoms with E-state index in [2.05, 4.69) is 0 Å². The standard InChI is InChI=1S/C9H13NO/c1-11-7-9(10)8-5-3-2-4-6-8/h2-6,9H,7,10H2,1H3/t9-/m0/s1. The molecular formula is C9H13NO. The van der Waals surface area contributed by atoms with Gasteiger partial charge in [0.1, 0.15) is 0 Å². The van der Waals surface area contributed by atoms with Crippen molar-refractivity contribution in [2.24, 2.45) is 5.73 Å². The molecule has 11 heavy (non-hydrogen) atoms. The van der Waals surface area contributed by atoms with Gasteiger partial charge in [-0.05, 0) is 5.56 Å². The van der Waals surface area contributed by atoms with Gasteiger partial charge in [0.15, 0.2) is 0 Å². The molecule has 0 aliphatic rings. The predicted octanol–water partition coefficient (Wildman–Crippen LogP) is 1.33. The van der Waals surface area contributed by atoms with E-state index >= 15 is 0 Å². The second kappa shape index (κ2) is 4.11. The molecule has 0 saturated heterocycles. The molecule has 2 nitrogen and oxygen atoms in total. The molecule has 0 radical (unpaired) electrons. The van der Waals surface area contributed by atoms with Gasteiger partial charge < -0.3 is 10.5 Å². The molecule has 60 valence electrons. The monoisotopic (exact) mass is 151 g/mol. The van der Waals surface area contributed by atoms with E-state index in [0.29, 0.717) is 6.61 Å². The number of nitrogens with two attached hydrogens (primary N) is 1. The molecule has 1 atom stereocenters. The van der Waals surface area contributed by atoms with Crippen LogP contribution in [0.15, 0.2) is 30.3 Å². The molecule has 0 amide bonds. The molecule has 1 aromatic rings. The van der Waals surface area contributed by atoms with E-state index in [1.54, 1.807) is 7.11 Å². The molecule has 2 N–H and O–H groups in total. The van der Waals surface area contributed by atoms with E-state index in [4.69, 9.17) is 10.5 Å². The van der Waals surface area contributed by atoms with Crippen molar-refractivity contribution < 1.29 is 4.74 Å². The normalized spacial score (nSPS) is 12.9. The van der Waals surface area contributed by atoms with Crippen molar-refractivity contribution in [2.75, 3.05) is 13.7 Å². The van der Waals surface area contributed by atoms with Gasteiger partial charge in [0, 0.05) is 7.11 Å². The van der Waals surface area contributed by atoms with Crippen molar-refractivity contribution in [1.29, 1.82) is 0 Å². The van der Waals surface area contributed by atoms with Crippen LogP contribution in [0.1, 0.15) is 11.6 Å². The highest BCUT2D eigenvalue weighted by Crippen LogP contribution is 2.08. The van der Waals surface area contributed by atoms with Gasteiger partial charge >= 0.3 is 0 Å². The van der Waals surface area contributed by atoms with E-state index in [9.17, 15) is 0 Å². The third kappa shape index (κ3) is 2.33. The Balaban J connectivity index is 2.61. The number of rotatable bonds is 3. The molecule has 0 unspecified atom stereocenters. The van der Waals surface area contributed by atoms with Crippen molar-refractivity contribution in [3.8, 4) is 0 Å². The van der Waals surface area contributed by atoms with Gasteiger partial charge in [-0.15, -0.1) is 0 Å². The van der Waals surface area contributed by atoms with Crippen LogP contribution in [0.4, 0.5) is 0 Å². The van der Waals surface area contributed by atoms with E-state index in [1.165, 1.54) is 0 Å². The molecule has 2 heteroatoms. The maximum Gasteiger partial charge on any atom is 0.0655 e. The second-order valence-electron chi connectivity index (χ2n) is 2.47. The summed E-state index contributed by atoms with van der Waals surface area (Å²) >= 11 is 0. The smallest absolute Gasteiger partial charge is 0.0655 e. The Labute approximate surface area is 67.0 Å². The molecule has 0 saturated carbocycles. The highest BCUT2D eigenvalue weighted by molar-refractivity contribution is 5.18.